The van der Waals surface area contributed by atoms with Crippen LogP contribution in [-0.4, -0.2) is 32.0 Å². The molecule has 2 N–H and O–H groups in total. The van der Waals surface area contributed by atoms with Crippen LogP contribution in [0.4, 0.5) is 0 Å². The summed E-state index contributed by atoms with van der Waals surface area (Å²) < 4.78 is 6.87. The van der Waals surface area contributed by atoms with Crippen molar-refractivity contribution in [3.05, 3.63) is 59.6 Å². The van der Waals surface area contributed by atoms with Gasteiger partial charge < -0.3 is 14.8 Å². The highest BCUT2D eigenvalue weighted by Crippen LogP contribution is 2.25. The van der Waals surface area contributed by atoms with Crippen molar-refractivity contribution in [2.75, 3.05) is 0 Å². The molecule has 3 aromatic rings. The van der Waals surface area contributed by atoms with E-state index in [4.69, 9.17) is 9.52 Å². The SMILES string of the molecule is CC(C)c1cccc(-c2ccc(C(=O)NCc3cn(CC(=O)O)nn3)o2)c1. The fourth-order valence-electron chi connectivity index (χ4n) is 2.56. The molecule has 0 unspecified atom stereocenters. The van der Waals surface area contributed by atoms with Crippen molar-refractivity contribution in [2.24, 2.45) is 0 Å². The summed E-state index contributed by atoms with van der Waals surface area (Å²) in [4.78, 5) is 22.9. The van der Waals surface area contributed by atoms with E-state index in [9.17, 15) is 9.59 Å². The van der Waals surface area contributed by atoms with Crippen LogP contribution in [0.3, 0.4) is 0 Å². The van der Waals surface area contributed by atoms with Gasteiger partial charge in [-0.25, -0.2) is 4.68 Å². The van der Waals surface area contributed by atoms with E-state index in [1.54, 1.807) is 12.1 Å². The van der Waals surface area contributed by atoms with Crippen LogP contribution in [0.15, 0.2) is 47.0 Å². The highest BCUT2D eigenvalue weighted by Gasteiger charge is 2.14. The van der Waals surface area contributed by atoms with Crippen LogP contribution in [0.5, 0.6) is 0 Å². The molecule has 0 spiro atoms. The van der Waals surface area contributed by atoms with Crippen LogP contribution in [0.25, 0.3) is 11.3 Å². The average molecular weight is 368 g/mol. The number of carboxylic acid groups (broad SMARTS) is 1. The first-order valence-corrected chi connectivity index (χ1v) is 8.51. The Balaban J connectivity index is 1.64. The topological polar surface area (TPSA) is 110 Å². The normalized spacial score (nSPS) is 10.9. The maximum absolute atomic E-state index is 12.3. The molecule has 0 aliphatic carbocycles. The lowest BCUT2D eigenvalue weighted by molar-refractivity contribution is -0.137. The highest BCUT2D eigenvalue weighted by molar-refractivity contribution is 5.92. The second-order valence-electron chi connectivity index (χ2n) is 6.43. The number of rotatable bonds is 7. The number of hydrogen-bond donors (Lipinski definition) is 2. The zero-order chi connectivity index (χ0) is 19.4. The van der Waals surface area contributed by atoms with E-state index in [0.717, 1.165) is 5.56 Å². The standard InChI is InChI=1S/C19H20N4O4/c1-12(2)13-4-3-5-14(8-13)16-6-7-17(27-16)19(26)20-9-15-10-23(22-21-15)11-18(24)25/h3-8,10,12H,9,11H2,1-2H3,(H,20,26)(H,24,25). The van der Waals surface area contributed by atoms with Crippen molar-refractivity contribution < 1.29 is 19.1 Å². The predicted molar refractivity (Wildman–Crippen MR) is 97.1 cm³/mol. The Morgan fingerprint density at radius 3 is 2.81 bits per heavy atom. The van der Waals surface area contributed by atoms with Gasteiger partial charge in [-0.05, 0) is 29.7 Å². The molecular weight excluding hydrogens is 348 g/mol. The number of furan rings is 1. The number of nitrogens with zero attached hydrogens (tertiary/aromatic N) is 3. The number of aromatic nitrogens is 3. The molecular formula is C19H20N4O4. The van der Waals surface area contributed by atoms with Gasteiger partial charge in [-0.2, -0.15) is 0 Å². The van der Waals surface area contributed by atoms with Gasteiger partial charge in [0.2, 0.25) is 0 Å². The summed E-state index contributed by atoms with van der Waals surface area (Å²) in [5, 5.41) is 18.9. The van der Waals surface area contributed by atoms with Gasteiger partial charge in [-0.3, -0.25) is 9.59 Å². The molecule has 1 aromatic carbocycles. The number of carbonyl (C=O) groups is 2. The van der Waals surface area contributed by atoms with Crippen molar-refractivity contribution in [3.8, 4) is 11.3 Å². The van der Waals surface area contributed by atoms with E-state index in [2.05, 4.69) is 35.5 Å². The van der Waals surface area contributed by atoms with Crippen molar-refractivity contribution in [3.63, 3.8) is 0 Å². The first-order chi connectivity index (χ1) is 12.9. The summed E-state index contributed by atoms with van der Waals surface area (Å²) in [5.41, 5.74) is 2.57. The molecule has 0 saturated carbocycles. The first kappa shape index (κ1) is 18.4. The summed E-state index contributed by atoms with van der Waals surface area (Å²) in [6, 6.07) is 11.4. The van der Waals surface area contributed by atoms with Crippen LogP contribution < -0.4 is 5.32 Å². The van der Waals surface area contributed by atoms with Crippen LogP contribution in [-0.2, 0) is 17.9 Å². The van der Waals surface area contributed by atoms with Gasteiger partial charge >= 0.3 is 5.97 Å². The molecule has 0 saturated heterocycles. The molecule has 140 valence electrons. The highest BCUT2D eigenvalue weighted by atomic mass is 16.4. The summed E-state index contributed by atoms with van der Waals surface area (Å²) in [6.07, 6.45) is 1.47. The van der Waals surface area contributed by atoms with E-state index in [1.807, 2.05) is 18.2 Å². The van der Waals surface area contributed by atoms with Crippen LogP contribution in [0.1, 0.15) is 41.6 Å². The third kappa shape index (κ3) is 4.60. The molecule has 0 atom stereocenters. The lowest BCUT2D eigenvalue weighted by Gasteiger charge is -2.06. The van der Waals surface area contributed by atoms with Crippen LogP contribution >= 0.6 is 0 Å². The average Bonchev–Trinajstić information content (AvgIpc) is 3.29. The molecule has 3 rings (SSSR count). The van der Waals surface area contributed by atoms with Crippen molar-refractivity contribution in [1.29, 1.82) is 0 Å². The zero-order valence-corrected chi connectivity index (χ0v) is 15.0. The monoisotopic (exact) mass is 368 g/mol. The van der Waals surface area contributed by atoms with Gasteiger partial charge in [0.25, 0.3) is 5.91 Å². The summed E-state index contributed by atoms with van der Waals surface area (Å²) >= 11 is 0. The van der Waals surface area contributed by atoms with Gasteiger partial charge in [0.1, 0.15) is 18.0 Å². The number of carbonyl (C=O) groups excluding carboxylic acids is 1. The number of nitrogens with one attached hydrogen (secondary N) is 1. The van der Waals surface area contributed by atoms with Crippen molar-refractivity contribution in [1.82, 2.24) is 20.3 Å². The van der Waals surface area contributed by atoms with Gasteiger partial charge in [-0.15, -0.1) is 5.10 Å². The molecule has 1 amide bonds. The Hall–Kier alpha value is -3.42. The molecule has 0 bridgehead atoms. The van der Waals surface area contributed by atoms with E-state index >= 15 is 0 Å². The van der Waals surface area contributed by atoms with E-state index < -0.39 is 5.97 Å². The second kappa shape index (κ2) is 7.86. The van der Waals surface area contributed by atoms with Gasteiger partial charge in [0.05, 0.1) is 12.7 Å². The second-order valence-corrected chi connectivity index (χ2v) is 6.43. The fraction of sp³-hybridized carbons (Fsp3) is 0.263. The summed E-state index contributed by atoms with van der Waals surface area (Å²) in [5.74, 6) is -0.181. The maximum Gasteiger partial charge on any atom is 0.325 e. The minimum Gasteiger partial charge on any atom is -0.480 e. The number of amides is 1. The Bertz CT molecular complexity index is 958. The molecule has 2 heterocycles. The number of aliphatic carboxylic acids is 1. The van der Waals surface area contributed by atoms with E-state index in [1.165, 1.54) is 16.4 Å². The largest absolute Gasteiger partial charge is 0.480 e. The Kier molecular flexibility index (Phi) is 5.35. The minimum absolute atomic E-state index is 0.122. The Morgan fingerprint density at radius 1 is 1.26 bits per heavy atom. The molecule has 8 nitrogen and oxygen atoms in total. The van der Waals surface area contributed by atoms with Crippen molar-refractivity contribution in [2.45, 2.75) is 32.9 Å². The Labute approximate surface area is 155 Å². The third-order valence-corrected chi connectivity index (χ3v) is 3.98. The smallest absolute Gasteiger partial charge is 0.325 e. The van der Waals surface area contributed by atoms with Gasteiger partial charge in [-0.1, -0.05) is 37.3 Å². The van der Waals surface area contributed by atoms with E-state index in [0.29, 0.717) is 17.4 Å². The van der Waals surface area contributed by atoms with Gasteiger partial charge in [0.15, 0.2) is 5.76 Å². The maximum atomic E-state index is 12.3. The van der Waals surface area contributed by atoms with E-state index in [-0.39, 0.29) is 24.8 Å². The number of carboxylic acids is 1. The molecule has 2 aromatic heterocycles. The molecule has 0 fully saturated rings. The lowest BCUT2D eigenvalue weighted by Crippen LogP contribution is -2.22. The zero-order valence-electron chi connectivity index (χ0n) is 15.0. The van der Waals surface area contributed by atoms with Crippen molar-refractivity contribution >= 4 is 11.9 Å². The third-order valence-electron chi connectivity index (χ3n) is 3.98. The summed E-state index contributed by atoms with van der Waals surface area (Å²) in [7, 11) is 0. The molecule has 0 aliphatic heterocycles. The molecule has 0 radical (unpaired) electrons. The molecule has 0 aliphatic rings. The number of benzene rings is 1. The number of hydrogen-bond acceptors (Lipinski definition) is 5. The molecule has 27 heavy (non-hydrogen) atoms. The van der Waals surface area contributed by atoms with Crippen LogP contribution in [0.2, 0.25) is 0 Å². The predicted octanol–water partition coefficient (Wildman–Crippen LogP) is 2.68. The first-order valence-electron chi connectivity index (χ1n) is 8.51. The van der Waals surface area contributed by atoms with Crippen LogP contribution in [0, 0.1) is 0 Å². The van der Waals surface area contributed by atoms with Gasteiger partial charge in [0, 0.05) is 5.56 Å². The summed E-state index contributed by atoms with van der Waals surface area (Å²) in [6.45, 7) is 4.08. The lowest BCUT2D eigenvalue weighted by atomic mass is 10.0. The molecule has 8 heteroatoms. The fourth-order valence-corrected chi connectivity index (χ4v) is 2.56. The Morgan fingerprint density at radius 2 is 2.07 bits per heavy atom. The minimum atomic E-state index is -1.01. The quantitative estimate of drug-likeness (QED) is 0.663.